The largest absolute Gasteiger partial charge is 0.481 e. The number of carbonyl (C=O) groups is 7. The molecule has 6 amide bonds. The maximum Gasteiger partial charge on any atom is 0.303 e. The van der Waals surface area contributed by atoms with Crippen LogP contribution in [0.25, 0.3) is 10.9 Å². The number of hydrogen-bond acceptors (Lipinski definition) is 7. The predicted octanol–water partition coefficient (Wildman–Crippen LogP) is 1.31. The molecule has 0 saturated carbocycles. The molecular weight excluding hydrogens is 694 g/mol. The van der Waals surface area contributed by atoms with Gasteiger partial charge in [0, 0.05) is 55.9 Å². The number of fused-ring (bicyclic) bond motifs is 2. The first-order valence-electron chi connectivity index (χ1n) is 18.5. The zero-order valence-corrected chi connectivity index (χ0v) is 30.6. The Bertz CT molecular complexity index is 1850. The molecule has 0 unspecified atom stereocenters. The SMILES string of the molecule is CC[C@H](C)[C@@H]1NC(=O)[C@H](CCC(=O)O)NC(=O)[C@H](Cc2ccccc2)NC(=O)CCNC(=O)[C@@H]2CCCN2C(=O)[C@H](Cc2c[nH]c3ccccc23)NC1=O. The molecule has 0 bridgehead atoms. The van der Waals surface area contributed by atoms with E-state index in [-0.39, 0.29) is 38.8 Å². The number of aliphatic carboxylic acids is 1. The van der Waals surface area contributed by atoms with Crippen LogP contribution >= 0.6 is 0 Å². The zero-order valence-electron chi connectivity index (χ0n) is 30.6. The monoisotopic (exact) mass is 743 g/mol. The number of benzene rings is 2. The van der Waals surface area contributed by atoms with E-state index in [1.165, 1.54) is 4.90 Å². The highest BCUT2D eigenvalue weighted by atomic mass is 16.4. The van der Waals surface area contributed by atoms with Crippen molar-refractivity contribution in [1.29, 1.82) is 0 Å². The zero-order chi connectivity index (χ0) is 38.8. The third-order valence-electron chi connectivity index (χ3n) is 10.2. The highest BCUT2D eigenvalue weighted by Crippen LogP contribution is 2.23. The number of aromatic nitrogens is 1. The second-order valence-corrected chi connectivity index (χ2v) is 14.0. The summed E-state index contributed by atoms with van der Waals surface area (Å²) in [7, 11) is 0. The van der Waals surface area contributed by atoms with Gasteiger partial charge in [0.1, 0.15) is 30.2 Å². The van der Waals surface area contributed by atoms with E-state index >= 15 is 0 Å². The standard InChI is InChI=1S/C39H49N7O8/c1-3-23(2)34-38(53)44-30(21-25-22-41-27-13-8-7-12-26(25)27)39(54)46-19-9-14-31(46)37(52)40-18-17-32(47)42-29(20-24-10-5-4-6-11-24)36(51)43-28(35(50)45-34)15-16-33(48)49/h4-8,10-13,22-23,28-31,34,41H,3,9,14-21H2,1-2H3,(H,40,52)(H,42,47)(H,43,51)(H,44,53)(H,45,50)(H,48,49)/t23-,28-,29-,30-,31-,34-/m0/s1. The molecule has 2 fully saturated rings. The van der Waals surface area contributed by atoms with Gasteiger partial charge in [-0.3, -0.25) is 33.6 Å². The topological polar surface area (TPSA) is 219 Å². The number of nitrogens with one attached hydrogen (secondary N) is 6. The number of para-hydroxylation sites is 1. The quantitative estimate of drug-likeness (QED) is 0.169. The first-order chi connectivity index (χ1) is 25.9. The van der Waals surface area contributed by atoms with Crippen LogP contribution in [0.2, 0.25) is 0 Å². The summed E-state index contributed by atoms with van der Waals surface area (Å²) in [5.74, 6) is -5.25. The van der Waals surface area contributed by atoms with Gasteiger partial charge < -0.3 is 41.6 Å². The highest BCUT2D eigenvalue weighted by molar-refractivity contribution is 5.97. The van der Waals surface area contributed by atoms with Crippen LogP contribution in [0.1, 0.15) is 63.5 Å². The van der Waals surface area contributed by atoms with E-state index in [1.54, 1.807) is 43.5 Å². The number of aromatic amines is 1. The fourth-order valence-corrected chi connectivity index (χ4v) is 6.99. The molecule has 2 saturated heterocycles. The second-order valence-electron chi connectivity index (χ2n) is 14.0. The van der Waals surface area contributed by atoms with Gasteiger partial charge in [-0.05, 0) is 42.4 Å². The van der Waals surface area contributed by atoms with E-state index in [0.717, 1.165) is 22.0 Å². The number of amides is 6. The summed E-state index contributed by atoms with van der Waals surface area (Å²) >= 11 is 0. The highest BCUT2D eigenvalue weighted by Gasteiger charge is 2.40. The van der Waals surface area contributed by atoms with Crippen LogP contribution in [0.15, 0.2) is 60.8 Å². The number of H-pyrrole nitrogens is 1. The van der Waals surface area contributed by atoms with Crippen LogP contribution < -0.4 is 26.6 Å². The molecule has 15 heteroatoms. The van der Waals surface area contributed by atoms with Crippen LogP contribution in [0.3, 0.4) is 0 Å². The Hall–Kier alpha value is -5.73. The first-order valence-corrected chi connectivity index (χ1v) is 18.5. The van der Waals surface area contributed by atoms with Crippen molar-refractivity contribution >= 4 is 52.3 Å². The Kier molecular flexibility index (Phi) is 13.4. The molecule has 2 aromatic carbocycles. The number of carbonyl (C=O) groups excluding carboxylic acids is 6. The molecule has 0 radical (unpaired) electrons. The molecule has 15 nitrogen and oxygen atoms in total. The van der Waals surface area contributed by atoms with Gasteiger partial charge >= 0.3 is 5.97 Å². The Labute approximate surface area is 313 Å². The minimum Gasteiger partial charge on any atom is -0.481 e. The molecule has 0 aliphatic carbocycles. The minimum absolute atomic E-state index is 0.0624. The molecule has 1 aromatic heterocycles. The third kappa shape index (κ3) is 10.0. The normalized spacial score (nSPS) is 24.2. The van der Waals surface area contributed by atoms with Gasteiger partial charge in [0.05, 0.1) is 0 Å². The number of carboxylic acids is 1. The van der Waals surface area contributed by atoms with E-state index < -0.39 is 84.0 Å². The van der Waals surface area contributed by atoms with E-state index in [1.807, 2.05) is 31.2 Å². The van der Waals surface area contributed by atoms with E-state index in [0.29, 0.717) is 19.3 Å². The summed E-state index contributed by atoms with van der Waals surface area (Å²) in [6.45, 7) is 3.80. The molecule has 7 N–H and O–H groups in total. The number of nitrogens with zero attached hydrogens (tertiary/aromatic N) is 1. The van der Waals surface area contributed by atoms with Crippen molar-refractivity contribution in [3.63, 3.8) is 0 Å². The van der Waals surface area contributed by atoms with Crippen LogP contribution in [0.5, 0.6) is 0 Å². The summed E-state index contributed by atoms with van der Waals surface area (Å²) in [6.07, 6.45) is 2.37. The molecule has 288 valence electrons. The lowest BCUT2D eigenvalue weighted by Crippen LogP contribution is -2.60. The lowest BCUT2D eigenvalue weighted by molar-refractivity contribution is -0.142. The minimum atomic E-state index is -1.38. The number of hydrogen-bond donors (Lipinski definition) is 7. The molecule has 5 rings (SSSR count). The molecule has 6 atom stereocenters. The lowest BCUT2D eigenvalue weighted by atomic mass is 9.96. The first kappa shape index (κ1) is 39.5. The predicted molar refractivity (Wildman–Crippen MR) is 199 cm³/mol. The van der Waals surface area contributed by atoms with Crippen LogP contribution in [-0.4, -0.2) is 99.7 Å². The van der Waals surface area contributed by atoms with Crippen molar-refractivity contribution in [2.24, 2.45) is 5.92 Å². The summed E-state index contributed by atoms with van der Waals surface area (Å²) < 4.78 is 0. The van der Waals surface area contributed by atoms with Gasteiger partial charge in [-0.2, -0.15) is 0 Å². The maximum atomic E-state index is 14.4. The van der Waals surface area contributed by atoms with Crippen LogP contribution in [0.4, 0.5) is 0 Å². The Morgan fingerprint density at radius 3 is 2.28 bits per heavy atom. The molecule has 3 heterocycles. The summed E-state index contributed by atoms with van der Waals surface area (Å²) in [5, 5.41) is 24.0. The summed E-state index contributed by atoms with van der Waals surface area (Å²) in [4.78, 5) is 99.3. The van der Waals surface area contributed by atoms with Gasteiger partial charge in [0.15, 0.2) is 0 Å². The lowest BCUT2D eigenvalue weighted by Gasteiger charge is -2.31. The Balaban J connectivity index is 1.50. The van der Waals surface area contributed by atoms with Crippen molar-refractivity contribution in [1.82, 2.24) is 36.5 Å². The van der Waals surface area contributed by atoms with Crippen molar-refractivity contribution < 1.29 is 38.7 Å². The average molecular weight is 744 g/mol. The molecule has 2 aliphatic heterocycles. The smallest absolute Gasteiger partial charge is 0.303 e. The molecule has 54 heavy (non-hydrogen) atoms. The van der Waals surface area contributed by atoms with Crippen LogP contribution in [-0.2, 0) is 46.4 Å². The van der Waals surface area contributed by atoms with Gasteiger partial charge in [0.2, 0.25) is 35.4 Å². The molecular formula is C39H49N7O8. The van der Waals surface area contributed by atoms with E-state index in [9.17, 15) is 38.7 Å². The van der Waals surface area contributed by atoms with Crippen molar-refractivity contribution in [3.05, 3.63) is 71.9 Å². The fourth-order valence-electron chi connectivity index (χ4n) is 6.99. The number of carboxylic acid groups (broad SMARTS) is 1. The average Bonchev–Trinajstić information content (AvgIpc) is 3.82. The summed E-state index contributed by atoms with van der Waals surface area (Å²) in [6, 6.07) is 10.8. The van der Waals surface area contributed by atoms with Gasteiger partial charge in [-0.1, -0.05) is 68.8 Å². The Morgan fingerprint density at radius 1 is 0.833 bits per heavy atom. The van der Waals surface area contributed by atoms with Crippen molar-refractivity contribution in [3.8, 4) is 0 Å². The third-order valence-corrected chi connectivity index (χ3v) is 10.2. The van der Waals surface area contributed by atoms with Gasteiger partial charge in [-0.25, -0.2) is 0 Å². The Morgan fingerprint density at radius 2 is 1.54 bits per heavy atom. The molecule has 3 aromatic rings. The van der Waals surface area contributed by atoms with E-state index in [2.05, 4.69) is 31.6 Å². The second kappa shape index (κ2) is 18.3. The molecule has 2 aliphatic rings. The number of rotatable bonds is 9. The van der Waals surface area contributed by atoms with Crippen LogP contribution in [0, 0.1) is 5.92 Å². The van der Waals surface area contributed by atoms with Gasteiger partial charge in [-0.15, -0.1) is 0 Å². The summed E-state index contributed by atoms with van der Waals surface area (Å²) in [5.41, 5.74) is 2.33. The van der Waals surface area contributed by atoms with Crippen molar-refractivity contribution in [2.45, 2.75) is 95.4 Å². The molecule has 0 spiro atoms. The van der Waals surface area contributed by atoms with Crippen molar-refractivity contribution in [2.75, 3.05) is 13.1 Å². The maximum absolute atomic E-state index is 14.4. The van der Waals surface area contributed by atoms with E-state index in [4.69, 9.17) is 0 Å². The fraction of sp³-hybridized carbons (Fsp3) is 0.462. The van der Waals surface area contributed by atoms with Gasteiger partial charge in [0.25, 0.3) is 0 Å².